The third kappa shape index (κ3) is 4.70. The van der Waals surface area contributed by atoms with Crippen molar-refractivity contribution < 1.29 is 24.4 Å². The molecule has 4 rings (SSSR count). The number of pyridine rings is 1. The van der Waals surface area contributed by atoms with Crippen molar-refractivity contribution in [1.29, 1.82) is 0 Å². The Bertz CT molecular complexity index is 1060. The number of rotatable bonds is 5. The largest absolute Gasteiger partial charge is 0.394 e. The smallest absolute Gasteiger partial charge is 0.141 e. The molecule has 3 N–H and O–H groups in total. The molecule has 1 aromatic carbocycles. The van der Waals surface area contributed by atoms with Gasteiger partial charge in [0.25, 0.3) is 0 Å². The lowest BCUT2D eigenvalue weighted by atomic mass is 9.97. The summed E-state index contributed by atoms with van der Waals surface area (Å²) in [6, 6.07) is 6.69. The molecule has 0 spiro atoms. The maximum Gasteiger partial charge on any atom is 0.141 e. The second-order valence-electron chi connectivity index (χ2n) is 6.84. The van der Waals surface area contributed by atoms with Crippen LogP contribution in [0.1, 0.15) is 6.04 Å². The normalized spacial score (nSPS) is 26.2. The SMILES string of the molecule is OCC1O[C@H](Sc2ccc(Cl)c(Cl)c2)C(O)C(n2cc(-c3ccc(F)cn3)nn2)[C@H]1O. The van der Waals surface area contributed by atoms with Crippen molar-refractivity contribution >= 4 is 35.0 Å². The lowest BCUT2D eigenvalue weighted by Crippen LogP contribution is -2.55. The van der Waals surface area contributed by atoms with E-state index in [2.05, 4.69) is 15.3 Å². The molecule has 1 saturated heterocycles. The van der Waals surface area contributed by atoms with Crippen LogP contribution >= 0.6 is 35.0 Å². The van der Waals surface area contributed by atoms with Gasteiger partial charge in [0.15, 0.2) is 0 Å². The van der Waals surface area contributed by atoms with Crippen LogP contribution in [0.15, 0.2) is 47.6 Å². The average molecular weight is 487 g/mol. The quantitative estimate of drug-likeness (QED) is 0.504. The number of aliphatic hydroxyl groups is 3. The van der Waals surface area contributed by atoms with Gasteiger partial charge >= 0.3 is 0 Å². The molecule has 0 radical (unpaired) electrons. The minimum Gasteiger partial charge on any atom is -0.394 e. The summed E-state index contributed by atoms with van der Waals surface area (Å²) in [6.07, 6.45) is -0.907. The molecule has 164 valence electrons. The van der Waals surface area contributed by atoms with Gasteiger partial charge in [-0.3, -0.25) is 4.98 Å². The number of thioether (sulfide) groups is 1. The van der Waals surface area contributed by atoms with Crippen molar-refractivity contribution in [1.82, 2.24) is 20.0 Å². The Morgan fingerprint density at radius 3 is 2.58 bits per heavy atom. The predicted molar refractivity (Wildman–Crippen MR) is 112 cm³/mol. The number of hydrogen-bond acceptors (Lipinski definition) is 8. The van der Waals surface area contributed by atoms with Gasteiger partial charge in [-0.05, 0) is 30.3 Å². The van der Waals surface area contributed by atoms with Crippen molar-refractivity contribution in [2.75, 3.05) is 6.61 Å². The highest BCUT2D eigenvalue weighted by molar-refractivity contribution is 7.99. The Morgan fingerprint density at radius 2 is 1.90 bits per heavy atom. The van der Waals surface area contributed by atoms with Crippen molar-refractivity contribution in [2.24, 2.45) is 0 Å². The van der Waals surface area contributed by atoms with E-state index in [0.717, 1.165) is 6.20 Å². The molecule has 1 aliphatic rings. The predicted octanol–water partition coefficient (Wildman–Crippen LogP) is 2.56. The van der Waals surface area contributed by atoms with Crippen LogP contribution in [0.3, 0.4) is 0 Å². The van der Waals surface area contributed by atoms with Gasteiger partial charge in [-0.1, -0.05) is 40.2 Å². The summed E-state index contributed by atoms with van der Waals surface area (Å²) >= 11 is 13.2. The zero-order valence-electron chi connectivity index (χ0n) is 15.7. The van der Waals surface area contributed by atoms with Crippen molar-refractivity contribution in [3.8, 4) is 11.4 Å². The van der Waals surface area contributed by atoms with Crippen LogP contribution in [0, 0.1) is 5.82 Å². The van der Waals surface area contributed by atoms with Gasteiger partial charge in [-0.2, -0.15) is 0 Å². The van der Waals surface area contributed by atoms with Crippen LogP contribution in [0.25, 0.3) is 11.4 Å². The molecule has 1 fully saturated rings. The second kappa shape index (κ2) is 9.37. The summed E-state index contributed by atoms with van der Waals surface area (Å²) in [5.41, 5.74) is -0.136. The van der Waals surface area contributed by atoms with Gasteiger partial charge in [0.1, 0.15) is 41.3 Å². The number of nitrogens with zero attached hydrogens (tertiary/aromatic N) is 4. The molecule has 1 aliphatic heterocycles. The molecule has 0 amide bonds. The minimum absolute atomic E-state index is 0.333. The van der Waals surface area contributed by atoms with E-state index in [1.807, 2.05) is 0 Å². The number of benzene rings is 1. The number of hydrogen-bond donors (Lipinski definition) is 3. The Morgan fingerprint density at radius 1 is 1.10 bits per heavy atom. The van der Waals surface area contributed by atoms with Gasteiger partial charge in [-0.15, -0.1) is 5.10 Å². The summed E-state index contributed by atoms with van der Waals surface area (Å²) in [6.45, 7) is -0.468. The molecule has 12 heteroatoms. The fourth-order valence-corrected chi connectivity index (χ4v) is 4.69. The lowest BCUT2D eigenvalue weighted by Gasteiger charge is -2.41. The molecular weight excluding hydrogens is 470 g/mol. The molecule has 0 aliphatic carbocycles. The molecule has 31 heavy (non-hydrogen) atoms. The van der Waals surface area contributed by atoms with Crippen molar-refractivity contribution in [3.05, 3.63) is 58.6 Å². The maximum atomic E-state index is 13.1. The van der Waals surface area contributed by atoms with E-state index in [0.29, 0.717) is 26.3 Å². The van der Waals surface area contributed by atoms with Gasteiger partial charge in [-0.25, -0.2) is 9.07 Å². The van der Waals surface area contributed by atoms with Crippen LogP contribution < -0.4 is 0 Å². The minimum atomic E-state index is -1.26. The zero-order chi connectivity index (χ0) is 22.1. The zero-order valence-corrected chi connectivity index (χ0v) is 18.0. The fourth-order valence-electron chi connectivity index (χ4n) is 3.23. The van der Waals surface area contributed by atoms with Crippen LogP contribution in [0.2, 0.25) is 10.0 Å². The van der Waals surface area contributed by atoms with E-state index >= 15 is 0 Å². The van der Waals surface area contributed by atoms with E-state index in [-0.39, 0.29) is 0 Å². The third-order valence-corrected chi connectivity index (χ3v) is 6.68. The van der Waals surface area contributed by atoms with Crippen molar-refractivity contribution in [3.63, 3.8) is 0 Å². The van der Waals surface area contributed by atoms with Crippen LogP contribution in [0.4, 0.5) is 4.39 Å². The third-order valence-electron chi connectivity index (χ3n) is 4.80. The first-order valence-electron chi connectivity index (χ1n) is 9.15. The lowest BCUT2D eigenvalue weighted by molar-refractivity contribution is -0.178. The van der Waals surface area contributed by atoms with Gasteiger partial charge in [0.05, 0.1) is 34.7 Å². The van der Waals surface area contributed by atoms with Crippen LogP contribution in [-0.4, -0.2) is 65.7 Å². The summed E-state index contributed by atoms with van der Waals surface area (Å²) in [4.78, 5) is 4.63. The first-order valence-corrected chi connectivity index (χ1v) is 10.8. The molecule has 3 heterocycles. The molecule has 5 atom stereocenters. The highest BCUT2D eigenvalue weighted by atomic mass is 35.5. The van der Waals surface area contributed by atoms with Gasteiger partial charge in [0.2, 0.25) is 0 Å². The summed E-state index contributed by atoms with van der Waals surface area (Å²) < 4.78 is 20.1. The van der Waals surface area contributed by atoms with Crippen LogP contribution in [-0.2, 0) is 4.74 Å². The Balaban J connectivity index is 1.61. The molecule has 0 bridgehead atoms. The molecular formula is C19H17Cl2FN4O4S. The van der Waals surface area contributed by atoms with E-state index in [4.69, 9.17) is 27.9 Å². The van der Waals surface area contributed by atoms with Crippen molar-refractivity contribution in [2.45, 2.75) is 34.7 Å². The number of ether oxygens (including phenoxy) is 1. The maximum absolute atomic E-state index is 13.1. The number of halogens is 3. The Kier molecular flexibility index (Phi) is 6.77. The summed E-state index contributed by atoms with van der Waals surface area (Å²) in [5.74, 6) is -0.487. The topological polar surface area (TPSA) is 114 Å². The molecule has 8 nitrogen and oxygen atoms in total. The number of aromatic nitrogens is 4. The number of aliphatic hydroxyl groups excluding tert-OH is 3. The molecule has 2 aromatic heterocycles. The monoisotopic (exact) mass is 486 g/mol. The Hall–Kier alpha value is -1.79. The van der Waals surface area contributed by atoms with Gasteiger partial charge in [0, 0.05) is 4.90 Å². The fraction of sp³-hybridized carbons (Fsp3) is 0.316. The average Bonchev–Trinajstić information content (AvgIpc) is 3.23. The molecule has 3 unspecified atom stereocenters. The highest BCUT2D eigenvalue weighted by Gasteiger charge is 2.46. The second-order valence-corrected chi connectivity index (χ2v) is 8.82. The van der Waals surface area contributed by atoms with Gasteiger partial charge < -0.3 is 20.1 Å². The van der Waals surface area contributed by atoms with E-state index in [1.54, 1.807) is 18.2 Å². The van der Waals surface area contributed by atoms with E-state index in [9.17, 15) is 19.7 Å². The first-order chi connectivity index (χ1) is 14.9. The van der Waals surface area contributed by atoms with E-state index in [1.165, 1.54) is 34.8 Å². The standard InChI is InChI=1S/C19H17Cl2FN4O4S/c20-11-3-2-10(5-12(11)21)31-19-18(29)16(17(28)15(8-27)30-19)26-7-14(24-25-26)13-4-1-9(22)6-23-13/h1-7,15-19,27-29H,8H2/t15?,16?,17-,18?,19+/m0/s1. The first kappa shape index (κ1) is 22.4. The Labute approximate surface area is 190 Å². The van der Waals surface area contributed by atoms with Crippen LogP contribution in [0.5, 0.6) is 0 Å². The molecule has 3 aromatic rings. The summed E-state index contributed by atoms with van der Waals surface area (Å²) in [7, 11) is 0. The van der Waals surface area contributed by atoms with E-state index < -0.39 is 42.2 Å². The molecule has 0 saturated carbocycles. The highest BCUT2D eigenvalue weighted by Crippen LogP contribution is 2.39. The summed E-state index contributed by atoms with van der Waals surface area (Å²) in [5, 5.41) is 40.1.